The lowest BCUT2D eigenvalue weighted by molar-refractivity contribution is -0.138. The van der Waals surface area contributed by atoms with Gasteiger partial charge in [-0.15, -0.1) is 0 Å². The fourth-order valence-corrected chi connectivity index (χ4v) is 2.17. The molecule has 1 amide bonds. The molecule has 1 atom stereocenters. The van der Waals surface area contributed by atoms with E-state index in [0.717, 1.165) is 25.7 Å². The zero-order valence-corrected chi connectivity index (χ0v) is 8.24. The Morgan fingerprint density at radius 3 is 2.57 bits per heavy atom. The van der Waals surface area contributed by atoms with Crippen LogP contribution in [0.5, 0.6) is 0 Å². The summed E-state index contributed by atoms with van der Waals surface area (Å²) in [4.78, 5) is 20.9. The molecule has 1 rings (SSSR count). The van der Waals surface area contributed by atoms with E-state index in [0.29, 0.717) is 12.3 Å². The molecule has 1 aliphatic carbocycles. The summed E-state index contributed by atoms with van der Waals surface area (Å²) in [6, 6.07) is -0.176. The van der Waals surface area contributed by atoms with Crippen LogP contribution in [0.1, 0.15) is 38.5 Å². The minimum atomic E-state index is -0.838. The normalized spacial score (nSPS) is 20.0. The molecule has 0 aliphatic heterocycles. The van der Waals surface area contributed by atoms with E-state index in [1.165, 1.54) is 6.42 Å². The Morgan fingerprint density at radius 1 is 1.43 bits per heavy atom. The molecule has 2 N–H and O–H groups in total. The van der Waals surface area contributed by atoms with Crippen LogP contribution in [0.2, 0.25) is 0 Å². The summed E-state index contributed by atoms with van der Waals surface area (Å²) in [6.07, 6.45) is 6.28. The minimum absolute atomic E-state index is 0.0450. The van der Waals surface area contributed by atoms with E-state index in [1.807, 2.05) is 0 Å². The number of carbonyl (C=O) groups excluding carboxylic acids is 1. The van der Waals surface area contributed by atoms with Gasteiger partial charge in [-0.2, -0.15) is 0 Å². The summed E-state index contributed by atoms with van der Waals surface area (Å²) in [5.74, 6) is -0.486. The van der Waals surface area contributed by atoms with E-state index in [-0.39, 0.29) is 12.5 Å². The topological polar surface area (TPSA) is 66.4 Å². The van der Waals surface area contributed by atoms with Gasteiger partial charge in [-0.1, -0.05) is 19.3 Å². The Hall–Kier alpha value is -1.06. The minimum Gasteiger partial charge on any atom is -0.481 e. The van der Waals surface area contributed by atoms with Crippen molar-refractivity contribution in [3.05, 3.63) is 0 Å². The van der Waals surface area contributed by atoms with Crippen LogP contribution in [0, 0.1) is 5.92 Å². The van der Waals surface area contributed by atoms with Crippen molar-refractivity contribution < 1.29 is 14.7 Å². The van der Waals surface area contributed by atoms with Crippen molar-refractivity contribution in [1.29, 1.82) is 0 Å². The Kier molecular flexibility index (Phi) is 4.43. The Morgan fingerprint density at radius 2 is 2.07 bits per heavy atom. The SMILES string of the molecule is O=CN[C@@H](CC(=O)O)C1CCCCC1. The number of amides is 1. The third kappa shape index (κ3) is 3.36. The van der Waals surface area contributed by atoms with E-state index >= 15 is 0 Å². The van der Waals surface area contributed by atoms with Gasteiger partial charge in [0.25, 0.3) is 0 Å². The summed E-state index contributed by atoms with van der Waals surface area (Å²) >= 11 is 0. The molecule has 0 radical (unpaired) electrons. The van der Waals surface area contributed by atoms with Crippen LogP contribution in [-0.4, -0.2) is 23.5 Å². The van der Waals surface area contributed by atoms with Crippen molar-refractivity contribution in [2.75, 3.05) is 0 Å². The number of carboxylic acids is 1. The van der Waals surface area contributed by atoms with Crippen LogP contribution in [0.3, 0.4) is 0 Å². The molecule has 0 aromatic rings. The maximum absolute atomic E-state index is 10.6. The molecule has 0 aromatic carbocycles. The van der Waals surface area contributed by atoms with E-state index in [1.54, 1.807) is 0 Å². The van der Waals surface area contributed by atoms with Gasteiger partial charge in [-0.25, -0.2) is 0 Å². The second-order valence-corrected chi connectivity index (χ2v) is 3.89. The molecule has 1 fully saturated rings. The Balaban J connectivity index is 2.46. The smallest absolute Gasteiger partial charge is 0.305 e. The number of carboxylic acid groups (broad SMARTS) is 1. The molecule has 14 heavy (non-hydrogen) atoms. The number of aliphatic carboxylic acids is 1. The Bertz CT molecular complexity index is 200. The van der Waals surface area contributed by atoms with Gasteiger partial charge in [0, 0.05) is 6.04 Å². The zero-order chi connectivity index (χ0) is 10.4. The molecule has 4 heteroatoms. The molecule has 1 saturated carbocycles. The maximum Gasteiger partial charge on any atom is 0.305 e. The van der Waals surface area contributed by atoms with Crippen molar-refractivity contribution in [1.82, 2.24) is 5.32 Å². The van der Waals surface area contributed by atoms with Crippen LogP contribution in [0.4, 0.5) is 0 Å². The third-order valence-corrected chi connectivity index (χ3v) is 2.90. The van der Waals surface area contributed by atoms with Gasteiger partial charge in [0.05, 0.1) is 6.42 Å². The number of nitrogens with one attached hydrogen (secondary N) is 1. The highest BCUT2D eigenvalue weighted by Gasteiger charge is 2.24. The number of hydrogen-bond donors (Lipinski definition) is 2. The number of rotatable bonds is 5. The average Bonchev–Trinajstić information content (AvgIpc) is 2.18. The van der Waals surface area contributed by atoms with Gasteiger partial charge in [0.1, 0.15) is 0 Å². The molecule has 0 unspecified atom stereocenters. The predicted octanol–water partition coefficient (Wildman–Crippen LogP) is 1.16. The van der Waals surface area contributed by atoms with Gasteiger partial charge in [0.15, 0.2) is 0 Å². The molecule has 0 heterocycles. The fraction of sp³-hybridized carbons (Fsp3) is 0.800. The van der Waals surface area contributed by atoms with Gasteiger partial charge >= 0.3 is 5.97 Å². The summed E-state index contributed by atoms with van der Waals surface area (Å²) in [6.45, 7) is 0. The molecule has 4 nitrogen and oxygen atoms in total. The maximum atomic E-state index is 10.6. The molecule has 0 aromatic heterocycles. The first-order valence-electron chi connectivity index (χ1n) is 5.15. The fourth-order valence-electron chi connectivity index (χ4n) is 2.17. The highest BCUT2D eigenvalue weighted by molar-refractivity contribution is 5.68. The summed E-state index contributed by atoms with van der Waals surface area (Å²) < 4.78 is 0. The van der Waals surface area contributed by atoms with Crippen molar-refractivity contribution in [3.63, 3.8) is 0 Å². The van der Waals surface area contributed by atoms with Crippen molar-refractivity contribution in [2.45, 2.75) is 44.6 Å². The number of hydrogen-bond acceptors (Lipinski definition) is 2. The van der Waals surface area contributed by atoms with E-state index in [2.05, 4.69) is 5.32 Å². The summed E-state index contributed by atoms with van der Waals surface area (Å²) in [5.41, 5.74) is 0. The highest BCUT2D eigenvalue weighted by Crippen LogP contribution is 2.27. The standard InChI is InChI=1S/C10H17NO3/c12-7-11-9(6-10(13)14)8-4-2-1-3-5-8/h7-9H,1-6H2,(H,11,12)(H,13,14)/t9-/m0/s1. The molecule has 80 valence electrons. The zero-order valence-electron chi connectivity index (χ0n) is 8.24. The van der Waals surface area contributed by atoms with Crippen LogP contribution in [0.25, 0.3) is 0 Å². The van der Waals surface area contributed by atoms with E-state index < -0.39 is 5.97 Å². The second-order valence-electron chi connectivity index (χ2n) is 3.89. The predicted molar refractivity (Wildman–Crippen MR) is 51.8 cm³/mol. The molecule has 0 spiro atoms. The van der Waals surface area contributed by atoms with Crippen LogP contribution >= 0.6 is 0 Å². The largest absolute Gasteiger partial charge is 0.481 e. The molecule has 0 saturated heterocycles. The molecular formula is C10H17NO3. The molecule has 0 bridgehead atoms. The summed E-state index contributed by atoms with van der Waals surface area (Å²) in [7, 11) is 0. The van der Waals surface area contributed by atoms with Crippen LogP contribution in [0.15, 0.2) is 0 Å². The average molecular weight is 199 g/mol. The lowest BCUT2D eigenvalue weighted by Crippen LogP contribution is -2.38. The monoisotopic (exact) mass is 199 g/mol. The van der Waals surface area contributed by atoms with Crippen LogP contribution in [-0.2, 0) is 9.59 Å². The van der Waals surface area contributed by atoms with Gasteiger partial charge in [-0.3, -0.25) is 9.59 Å². The van der Waals surface area contributed by atoms with E-state index in [4.69, 9.17) is 5.11 Å². The lowest BCUT2D eigenvalue weighted by Gasteiger charge is -2.28. The molecule has 1 aliphatic rings. The molecular weight excluding hydrogens is 182 g/mol. The first-order valence-corrected chi connectivity index (χ1v) is 5.15. The van der Waals surface area contributed by atoms with Gasteiger partial charge in [-0.05, 0) is 18.8 Å². The first-order chi connectivity index (χ1) is 6.74. The first kappa shape index (κ1) is 11.0. The van der Waals surface area contributed by atoms with E-state index in [9.17, 15) is 9.59 Å². The summed E-state index contributed by atoms with van der Waals surface area (Å²) in [5, 5.41) is 11.3. The van der Waals surface area contributed by atoms with Gasteiger partial charge in [0.2, 0.25) is 6.41 Å². The van der Waals surface area contributed by atoms with Crippen LogP contribution < -0.4 is 5.32 Å². The van der Waals surface area contributed by atoms with Crippen molar-refractivity contribution in [3.8, 4) is 0 Å². The number of carbonyl (C=O) groups is 2. The van der Waals surface area contributed by atoms with Crippen molar-refractivity contribution in [2.24, 2.45) is 5.92 Å². The van der Waals surface area contributed by atoms with Crippen molar-refractivity contribution >= 4 is 12.4 Å². The lowest BCUT2D eigenvalue weighted by atomic mass is 9.83. The quantitative estimate of drug-likeness (QED) is 0.653. The highest BCUT2D eigenvalue weighted by atomic mass is 16.4. The third-order valence-electron chi connectivity index (χ3n) is 2.90. The second kappa shape index (κ2) is 5.62. The van der Waals surface area contributed by atoms with Gasteiger partial charge < -0.3 is 10.4 Å². The Labute approximate surface area is 83.7 Å².